The van der Waals surface area contributed by atoms with Crippen LogP contribution in [0.1, 0.15) is 84.3 Å². The van der Waals surface area contributed by atoms with Crippen LogP contribution < -0.4 is 0 Å². The van der Waals surface area contributed by atoms with Gasteiger partial charge in [-0.05, 0) is 51.4 Å². The van der Waals surface area contributed by atoms with Gasteiger partial charge in [0.25, 0.3) is 0 Å². The van der Waals surface area contributed by atoms with E-state index in [1.807, 2.05) is 19.2 Å². The lowest BCUT2D eigenvalue weighted by Crippen LogP contribution is -2.45. The fourth-order valence-electron chi connectivity index (χ4n) is 4.68. The van der Waals surface area contributed by atoms with Crippen molar-refractivity contribution in [1.82, 2.24) is 4.98 Å². The van der Waals surface area contributed by atoms with E-state index in [1.165, 1.54) is 5.57 Å². The molecule has 2 heterocycles. The Morgan fingerprint density at radius 3 is 2.53 bits per heavy atom. The smallest absolute Gasteiger partial charge is 0.308 e. The molecule has 2 rings (SSSR count). The molecule has 6 nitrogen and oxygen atoms in total. The fraction of sp³-hybridized carbons (Fsp3) is 0.741. The van der Waals surface area contributed by atoms with Crippen LogP contribution in [0.5, 0.6) is 0 Å². The Bertz CT molecular complexity index is 861. The predicted molar refractivity (Wildman–Crippen MR) is 136 cm³/mol. The zero-order valence-electron chi connectivity index (χ0n) is 21.8. The zero-order chi connectivity index (χ0) is 25.6. The molecule has 0 aromatic carbocycles. The Hall–Kier alpha value is -1.57. The molecule has 0 bridgehead atoms. The Labute approximate surface area is 208 Å². The molecule has 0 radical (unpaired) electrons. The van der Waals surface area contributed by atoms with E-state index >= 15 is 0 Å². The Balaban J connectivity index is 2.26. The van der Waals surface area contributed by atoms with Gasteiger partial charge in [0, 0.05) is 17.7 Å². The molecule has 6 atom stereocenters. The largest absolute Gasteiger partial charge is 0.462 e. The summed E-state index contributed by atoms with van der Waals surface area (Å²) in [5.74, 6) is -1.37. The molecule has 192 valence electrons. The van der Waals surface area contributed by atoms with Crippen LogP contribution in [-0.4, -0.2) is 45.3 Å². The number of esters is 1. The highest BCUT2D eigenvalue weighted by atomic mass is 32.1. The van der Waals surface area contributed by atoms with Gasteiger partial charge in [-0.2, -0.15) is 0 Å². The maximum Gasteiger partial charge on any atom is 0.308 e. The molecule has 34 heavy (non-hydrogen) atoms. The van der Waals surface area contributed by atoms with E-state index in [9.17, 15) is 19.8 Å². The van der Waals surface area contributed by atoms with Gasteiger partial charge in [-0.15, -0.1) is 11.3 Å². The number of cyclic esters (lactones) is 1. The van der Waals surface area contributed by atoms with Gasteiger partial charge in [-0.25, -0.2) is 4.98 Å². The third-order valence-electron chi connectivity index (χ3n) is 7.38. The normalized spacial score (nSPS) is 32.5. The van der Waals surface area contributed by atoms with E-state index in [1.54, 1.807) is 32.1 Å². The summed E-state index contributed by atoms with van der Waals surface area (Å²) in [6, 6.07) is 0. The number of thiazole rings is 1. The first-order valence-electron chi connectivity index (χ1n) is 12.5. The molecule has 0 spiro atoms. The Morgan fingerprint density at radius 1 is 1.24 bits per heavy atom. The number of rotatable bonds is 3. The Morgan fingerprint density at radius 2 is 1.91 bits per heavy atom. The second kappa shape index (κ2) is 12.4. The highest BCUT2D eigenvalue weighted by Crippen LogP contribution is 2.32. The van der Waals surface area contributed by atoms with Crippen molar-refractivity contribution >= 4 is 23.1 Å². The quantitative estimate of drug-likeness (QED) is 0.452. The van der Waals surface area contributed by atoms with Crippen LogP contribution in [0, 0.1) is 30.1 Å². The molecule has 0 saturated heterocycles. The van der Waals surface area contributed by atoms with Crippen molar-refractivity contribution in [3.05, 3.63) is 27.7 Å². The van der Waals surface area contributed by atoms with E-state index in [2.05, 4.69) is 24.9 Å². The second-order valence-corrected chi connectivity index (χ2v) is 11.9. The van der Waals surface area contributed by atoms with E-state index in [0.29, 0.717) is 12.8 Å². The topological polar surface area (TPSA) is 96.7 Å². The average Bonchev–Trinajstić information content (AvgIpc) is 3.18. The van der Waals surface area contributed by atoms with E-state index < -0.39 is 29.5 Å². The number of ether oxygens (including phenoxy) is 1. The summed E-state index contributed by atoms with van der Waals surface area (Å²) in [5.41, 5.74) is 1.04. The third kappa shape index (κ3) is 7.72. The molecule has 0 fully saturated rings. The molecule has 0 saturated carbocycles. The first-order chi connectivity index (χ1) is 15.8. The van der Waals surface area contributed by atoms with Gasteiger partial charge in [0.15, 0.2) is 0 Å². The van der Waals surface area contributed by atoms with Gasteiger partial charge >= 0.3 is 5.97 Å². The molecule has 1 aromatic heterocycles. The first kappa shape index (κ1) is 28.7. The van der Waals surface area contributed by atoms with Gasteiger partial charge < -0.3 is 14.9 Å². The number of aromatic nitrogens is 1. The highest BCUT2D eigenvalue weighted by molar-refractivity contribution is 7.09. The van der Waals surface area contributed by atoms with E-state index in [-0.39, 0.29) is 30.1 Å². The summed E-state index contributed by atoms with van der Waals surface area (Å²) in [4.78, 5) is 30.6. The highest BCUT2D eigenvalue weighted by Gasteiger charge is 2.42. The standard InChI is InChI=1S/C27H43NO5S/c1-16-9-8-10-17(2)25(31)19(4)26(32)27(6,7)23(29)14-24(30)33-22(12-11-16)18(3)13-21-15-34-20(5)28-21/h11,15,17-19,22-23,25,29,31H,8-10,12-14H2,1-7H3/b16-11-/t17-,18?,19+,22-,23-,25-/m0/s1. The van der Waals surface area contributed by atoms with Crippen LogP contribution in [0.25, 0.3) is 0 Å². The van der Waals surface area contributed by atoms with Crippen LogP contribution in [0.4, 0.5) is 0 Å². The Kier molecular flexibility index (Phi) is 10.5. The molecule has 1 aliphatic rings. The van der Waals surface area contributed by atoms with Crippen LogP contribution in [0.15, 0.2) is 17.0 Å². The maximum atomic E-state index is 13.2. The number of hydrogen-bond acceptors (Lipinski definition) is 7. The van der Waals surface area contributed by atoms with Crippen molar-refractivity contribution < 1.29 is 24.5 Å². The lowest BCUT2D eigenvalue weighted by Gasteiger charge is -2.34. The molecule has 2 N–H and O–H groups in total. The average molecular weight is 494 g/mol. The number of aryl methyl sites for hydroxylation is 1. The number of aliphatic hydroxyl groups excluding tert-OH is 2. The summed E-state index contributed by atoms with van der Waals surface area (Å²) in [5, 5.41) is 24.7. The number of ketones is 1. The minimum atomic E-state index is -1.19. The van der Waals surface area contributed by atoms with Gasteiger partial charge in [0.05, 0.1) is 34.7 Å². The number of carbonyl (C=O) groups excluding carboxylic acids is 2. The molecule has 1 unspecified atom stereocenters. The number of aliphatic hydroxyl groups is 2. The molecule has 1 aromatic rings. The van der Waals surface area contributed by atoms with Crippen LogP contribution >= 0.6 is 11.3 Å². The molecular formula is C27H43NO5S. The van der Waals surface area contributed by atoms with E-state index in [0.717, 1.165) is 30.0 Å². The first-order valence-corrected chi connectivity index (χ1v) is 13.4. The summed E-state index contributed by atoms with van der Waals surface area (Å²) < 4.78 is 5.88. The van der Waals surface area contributed by atoms with Gasteiger partial charge in [-0.3, -0.25) is 9.59 Å². The number of carbonyl (C=O) groups is 2. The molecular weight excluding hydrogens is 450 g/mol. The summed E-state index contributed by atoms with van der Waals surface area (Å²) >= 11 is 1.61. The second-order valence-electron chi connectivity index (χ2n) is 10.8. The van der Waals surface area contributed by atoms with Crippen molar-refractivity contribution in [2.75, 3.05) is 0 Å². The SMILES string of the molecule is C/C1=C/C[C@@H](C(C)Cc2csc(C)n2)OC(=O)C[C@H](O)C(C)(C)C(=O)[C@H](C)[C@@H](O)[C@@H](C)CCC1. The molecule has 0 amide bonds. The summed E-state index contributed by atoms with van der Waals surface area (Å²) in [7, 11) is 0. The van der Waals surface area contributed by atoms with Crippen LogP contribution in [-0.2, 0) is 20.7 Å². The lowest BCUT2D eigenvalue weighted by atomic mass is 9.73. The van der Waals surface area contributed by atoms with Crippen molar-refractivity contribution in [1.29, 1.82) is 0 Å². The molecule has 1 aliphatic heterocycles. The predicted octanol–water partition coefficient (Wildman–Crippen LogP) is 5.04. The zero-order valence-corrected chi connectivity index (χ0v) is 22.7. The third-order valence-corrected chi connectivity index (χ3v) is 8.20. The van der Waals surface area contributed by atoms with Gasteiger partial charge in [-0.1, -0.05) is 46.3 Å². The summed E-state index contributed by atoms with van der Waals surface area (Å²) in [6.45, 7) is 13.1. The monoisotopic (exact) mass is 493 g/mol. The molecule has 7 heteroatoms. The fourth-order valence-corrected chi connectivity index (χ4v) is 5.31. The number of hydrogen-bond donors (Lipinski definition) is 2. The van der Waals surface area contributed by atoms with Crippen molar-refractivity contribution in [2.45, 2.75) is 105 Å². The number of nitrogens with zero attached hydrogens (tertiary/aromatic N) is 1. The number of Topliss-reactive ketones (excluding diaryl/α,β-unsaturated/α-hetero) is 1. The van der Waals surface area contributed by atoms with Crippen molar-refractivity contribution in [3.63, 3.8) is 0 Å². The van der Waals surface area contributed by atoms with Gasteiger partial charge in [0.1, 0.15) is 11.9 Å². The van der Waals surface area contributed by atoms with Crippen molar-refractivity contribution in [3.8, 4) is 0 Å². The van der Waals surface area contributed by atoms with Crippen LogP contribution in [0.2, 0.25) is 0 Å². The van der Waals surface area contributed by atoms with Crippen molar-refractivity contribution in [2.24, 2.45) is 23.2 Å². The van der Waals surface area contributed by atoms with Gasteiger partial charge in [0.2, 0.25) is 0 Å². The lowest BCUT2D eigenvalue weighted by molar-refractivity contribution is -0.157. The minimum absolute atomic E-state index is 0.0353. The minimum Gasteiger partial charge on any atom is -0.462 e. The number of allylic oxidation sites excluding steroid dienone is 1. The summed E-state index contributed by atoms with van der Waals surface area (Å²) in [6.07, 6.45) is 3.45. The van der Waals surface area contributed by atoms with Crippen LogP contribution in [0.3, 0.4) is 0 Å². The molecule has 0 aliphatic carbocycles. The van der Waals surface area contributed by atoms with E-state index in [4.69, 9.17) is 4.74 Å². The maximum absolute atomic E-state index is 13.2.